The molecular formula is C11H15FN2S2. The highest BCUT2D eigenvalue weighted by atomic mass is 32.2. The molecule has 1 aliphatic rings. The fourth-order valence-corrected chi connectivity index (χ4v) is 4.17. The summed E-state index contributed by atoms with van der Waals surface area (Å²) in [6, 6.07) is 4.43. The lowest BCUT2D eigenvalue weighted by atomic mass is 10.2. The zero-order valence-corrected chi connectivity index (χ0v) is 10.5. The lowest BCUT2D eigenvalue weighted by Crippen LogP contribution is -2.23. The molecule has 1 aromatic carbocycles. The van der Waals surface area contributed by atoms with Crippen molar-refractivity contribution in [1.29, 1.82) is 0 Å². The van der Waals surface area contributed by atoms with Gasteiger partial charge in [0.15, 0.2) is 0 Å². The first-order chi connectivity index (χ1) is 7.75. The van der Waals surface area contributed by atoms with Crippen LogP contribution in [-0.2, 0) is 0 Å². The molecule has 0 aliphatic carbocycles. The first-order valence-corrected chi connectivity index (χ1v) is 7.44. The van der Waals surface area contributed by atoms with Crippen molar-refractivity contribution in [2.75, 3.05) is 34.9 Å². The van der Waals surface area contributed by atoms with E-state index in [0.29, 0.717) is 16.6 Å². The van der Waals surface area contributed by atoms with Gasteiger partial charge in [-0.3, -0.25) is 0 Å². The number of rotatable bonds is 3. The van der Waals surface area contributed by atoms with Crippen molar-refractivity contribution in [3.05, 3.63) is 24.0 Å². The van der Waals surface area contributed by atoms with Crippen molar-refractivity contribution in [3.63, 3.8) is 0 Å². The molecule has 0 aromatic heterocycles. The van der Waals surface area contributed by atoms with Crippen LogP contribution in [0.3, 0.4) is 0 Å². The van der Waals surface area contributed by atoms with E-state index in [1.54, 1.807) is 6.07 Å². The molecule has 3 N–H and O–H groups in total. The van der Waals surface area contributed by atoms with Gasteiger partial charge >= 0.3 is 0 Å². The summed E-state index contributed by atoms with van der Waals surface area (Å²) in [5.41, 5.74) is 7.08. The molecule has 1 aliphatic heterocycles. The second kappa shape index (κ2) is 5.68. The van der Waals surface area contributed by atoms with Gasteiger partial charge in [0.2, 0.25) is 0 Å². The number of nitrogens with two attached hydrogens (primary N) is 1. The second-order valence-electron chi connectivity index (χ2n) is 3.68. The summed E-state index contributed by atoms with van der Waals surface area (Å²) in [6.45, 7) is 0.852. The largest absolute Gasteiger partial charge is 0.397 e. The Morgan fingerprint density at radius 2 is 2.31 bits per heavy atom. The van der Waals surface area contributed by atoms with Gasteiger partial charge in [-0.25, -0.2) is 4.39 Å². The Morgan fingerprint density at radius 1 is 1.44 bits per heavy atom. The molecule has 2 nitrogen and oxygen atoms in total. The van der Waals surface area contributed by atoms with E-state index in [9.17, 15) is 4.39 Å². The summed E-state index contributed by atoms with van der Waals surface area (Å²) in [4.78, 5) is 0. The average Bonchev–Trinajstić information content (AvgIpc) is 2.32. The number of anilines is 2. The Hall–Kier alpha value is -0.550. The summed E-state index contributed by atoms with van der Waals surface area (Å²) < 4.78 is 13.0. The van der Waals surface area contributed by atoms with E-state index in [0.717, 1.165) is 12.3 Å². The van der Waals surface area contributed by atoms with Gasteiger partial charge in [0.1, 0.15) is 5.82 Å². The lowest BCUT2D eigenvalue weighted by Gasteiger charge is -2.22. The quantitative estimate of drug-likeness (QED) is 0.818. The molecule has 5 heteroatoms. The highest BCUT2D eigenvalue weighted by molar-refractivity contribution is 8.06. The lowest BCUT2D eigenvalue weighted by molar-refractivity contribution is 0.628. The minimum atomic E-state index is -0.248. The van der Waals surface area contributed by atoms with Crippen LogP contribution in [0, 0.1) is 5.82 Å². The predicted molar refractivity (Wildman–Crippen MR) is 72.9 cm³/mol. The number of hydrogen-bond acceptors (Lipinski definition) is 4. The molecule has 2 rings (SSSR count). The van der Waals surface area contributed by atoms with Gasteiger partial charge in [-0.1, -0.05) is 0 Å². The fourth-order valence-electron chi connectivity index (χ4n) is 1.56. The van der Waals surface area contributed by atoms with Gasteiger partial charge in [0, 0.05) is 29.1 Å². The number of hydrogen-bond donors (Lipinski definition) is 2. The molecule has 0 spiro atoms. The number of benzene rings is 1. The van der Waals surface area contributed by atoms with Crippen LogP contribution in [0.2, 0.25) is 0 Å². The third-order valence-electron chi connectivity index (χ3n) is 2.42. The molecule has 1 atom stereocenters. The fraction of sp³-hybridized carbons (Fsp3) is 0.455. The molecule has 1 unspecified atom stereocenters. The molecule has 0 amide bonds. The highest BCUT2D eigenvalue weighted by Crippen LogP contribution is 2.25. The minimum Gasteiger partial charge on any atom is -0.397 e. The highest BCUT2D eigenvalue weighted by Gasteiger charge is 2.14. The van der Waals surface area contributed by atoms with Crippen LogP contribution in [0.5, 0.6) is 0 Å². The molecule has 0 saturated carbocycles. The van der Waals surface area contributed by atoms with Gasteiger partial charge in [0.05, 0.1) is 11.4 Å². The zero-order valence-electron chi connectivity index (χ0n) is 8.91. The second-order valence-corrected chi connectivity index (χ2v) is 6.24. The Bertz CT molecular complexity index is 354. The van der Waals surface area contributed by atoms with Crippen molar-refractivity contribution in [3.8, 4) is 0 Å². The maximum Gasteiger partial charge on any atom is 0.125 e. The third kappa shape index (κ3) is 3.22. The maximum absolute atomic E-state index is 13.0. The van der Waals surface area contributed by atoms with E-state index < -0.39 is 0 Å². The standard InChI is InChI=1S/C11H15FN2S2/c12-8-1-2-10(13)11(5-8)14-6-9-7-15-3-4-16-9/h1-2,5,9,14H,3-4,6-7,13H2. The van der Waals surface area contributed by atoms with Crippen molar-refractivity contribution in [1.82, 2.24) is 0 Å². The topological polar surface area (TPSA) is 38.0 Å². The summed E-state index contributed by atoms with van der Waals surface area (Å²) in [5, 5.41) is 3.82. The normalized spacial score (nSPS) is 20.7. The van der Waals surface area contributed by atoms with E-state index >= 15 is 0 Å². The van der Waals surface area contributed by atoms with Crippen LogP contribution < -0.4 is 11.1 Å². The Balaban J connectivity index is 1.90. The van der Waals surface area contributed by atoms with E-state index in [2.05, 4.69) is 5.32 Å². The number of nitrogens with one attached hydrogen (secondary N) is 1. The number of nitrogen functional groups attached to an aromatic ring is 1. The van der Waals surface area contributed by atoms with Gasteiger partial charge in [-0.15, -0.1) is 0 Å². The summed E-state index contributed by atoms with van der Waals surface area (Å²) in [7, 11) is 0. The van der Waals surface area contributed by atoms with E-state index in [4.69, 9.17) is 5.73 Å². The van der Waals surface area contributed by atoms with E-state index in [1.165, 1.54) is 23.6 Å². The zero-order chi connectivity index (χ0) is 11.4. The van der Waals surface area contributed by atoms with Crippen LogP contribution in [-0.4, -0.2) is 29.1 Å². The summed E-state index contributed by atoms with van der Waals surface area (Å²) in [6.07, 6.45) is 0. The Morgan fingerprint density at radius 3 is 3.06 bits per heavy atom. The molecule has 0 bridgehead atoms. The van der Waals surface area contributed by atoms with Gasteiger partial charge in [-0.05, 0) is 18.2 Å². The molecule has 1 fully saturated rings. The molecule has 0 radical (unpaired) electrons. The van der Waals surface area contributed by atoms with Crippen molar-refractivity contribution < 1.29 is 4.39 Å². The maximum atomic E-state index is 13.0. The Labute approximate surface area is 104 Å². The molecule has 1 aromatic rings. The van der Waals surface area contributed by atoms with Crippen molar-refractivity contribution in [2.24, 2.45) is 0 Å². The van der Waals surface area contributed by atoms with Gasteiger partial charge in [0.25, 0.3) is 0 Å². The van der Waals surface area contributed by atoms with Crippen LogP contribution >= 0.6 is 23.5 Å². The van der Waals surface area contributed by atoms with Crippen LogP contribution in [0.15, 0.2) is 18.2 Å². The van der Waals surface area contributed by atoms with Crippen molar-refractivity contribution in [2.45, 2.75) is 5.25 Å². The molecule has 16 heavy (non-hydrogen) atoms. The third-order valence-corrected chi connectivity index (χ3v) is 5.27. The molecule has 1 saturated heterocycles. The number of thioether (sulfide) groups is 2. The minimum absolute atomic E-state index is 0.248. The smallest absolute Gasteiger partial charge is 0.125 e. The van der Waals surface area contributed by atoms with Crippen LogP contribution in [0.1, 0.15) is 0 Å². The average molecular weight is 258 g/mol. The van der Waals surface area contributed by atoms with E-state index in [-0.39, 0.29) is 5.82 Å². The molecule has 88 valence electrons. The Kier molecular flexibility index (Phi) is 4.23. The first-order valence-electron chi connectivity index (χ1n) is 5.24. The summed E-state index contributed by atoms with van der Waals surface area (Å²) >= 11 is 3.95. The SMILES string of the molecule is Nc1ccc(F)cc1NCC1CSCCS1. The van der Waals surface area contributed by atoms with Crippen LogP contribution in [0.25, 0.3) is 0 Å². The molecule has 1 heterocycles. The van der Waals surface area contributed by atoms with Gasteiger partial charge in [-0.2, -0.15) is 23.5 Å². The molecular weight excluding hydrogens is 243 g/mol. The van der Waals surface area contributed by atoms with E-state index in [1.807, 2.05) is 23.5 Å². The van der Waals surface area contributed by atoms with Crippen LogP contribution in [0.4, 0.5) is 15.8 Å². The predicted octanol–water partition coefficient (Wildman–Crippen LogP) is 2.67. The number of halogens is 1. The first kappa shape index (κ1) is 11.9. The van der Waals surface area contributed by atoms with Crippen molar-refractivity contribution >= 4 is 34.9 Å². The monoisotopic (exact) mass is 258 g/mol. The van der Waals surface area contributed by atoms with Gasteiger partial charge < -0.3 is 11.1 Å². The summed E-state index contributed by atoms with van der Waals surface area (Å²) in [5.74, 6) is 3.36.